The molecule has 1 aliphatic rings. The highest BCUT2D eigenvalue weighted by Crippen LogP contribution is 2.31. The largest absolute Gasteiger partial charge is 0.310 e. The first-order chi connectivity index (χ1) is 6.18. The lowest BCUT2D eigenvalue weighted by Gasteiger charge is -2.24. The van der Waals surface area contributed by atoms with Gasteiger partial charge in [-0.1, -0.05) is 23.2 Å². The Balaban J connectivity index is 0.000000980. The molecule has 1 aliphatic heterocycles. The molecule has 0 fully saturated rings. The first-order valence-corrected chi connectivity index (χ1v) is 5.15. The van der Waals surface area contributed by atoms with Crippen LogP contribution in [0.1, 0.15) is 24.1 Å². The topological polar surface area (TPSA) is 12.0 Å². The fraction of sp³-hybridized carbons (Fsp3) is 0.400. The van der Waals surface area contributed by atoms with Crippen molar-refractivity contribution in [3.63, 3.8) is 0 Å². The minimum atomic E-state index is 0. The van der Waals surface area contributed by atoms with Gasteiger partial charge in [0.2, 0.25) is 0 Å². The molecule has 0 aliphatic carbocycles. The lowest BCUT2D eigenvalue weighted by Crippen LogP contribution is -2.27. The first-order valence-electron chi connectivity index (χ1n) is 4.39. The van der Waals surface area contributed by atoms with E-state index in [1.54, 1.807) is 0 Å². The Morgan fingerprint density at radius 2 is 2.07 bits per heavy atom. The molecule has 0 spiro atoms. The van der Waals surface area contributed by atoms with Crippen LogP contribution in [0, 0.1) is 0 Å². The summed E-state index contributed by atoms with van der Waals surface area (Å²) in [4.78, 5) is 0. The van der Waals surface area contributed by atoms with Crippen molar-refractivity contribution in [1.29, 1.82) is 0 Å². The molecule has 1 heterocycles. The average molecular weight is 253 g/mol. The quantitative estimate of drug-likeness (QED) is 0.744. The van der Waals surface area contributed by atoms with E-state index >= 15 is 0 Å². The molecule has 0 saturated carbocycles. The number of nitrogens with one attached hydrogen (secondary N) is 1. The van der Waals surface area contributed by atoms with Crippen LogP contribution in [-0.4, -0.2) is 6.54 Å². The SMILES string of the molecule is CC1NCCc2c(Cl)cc(Cl)cc21.Cl. The third-order valence-corrected chi connectivity index (χ3v) is 3.04. The standard InChI is InChI=1S/C10H11Cl2N.ClH/c1-6-9-4-7(11)5-10(12)8(9)2-3-13-6;/h4-6,13H,2-3H2,1H3;1H. The van der Waals surface area contributed by atoms with Crippen molar-refractivity contribution >= 4 is 35.6 Å². The van der Waals surface area contributed by atoms with E-state index in [2.05, 4.69) is 12.2 Å². The van der Waals surface area contributed by atoms with Crippen molar-refractivity contribution in [2.45, 2.75) is 19.4 Å². The van der Waals surface area contributed by atoms with Crippen LogP contribution < -0.4 is 5.32 Å². The van der Waals surface area contributed by atoms with E-state index in [9.17, 15) is 0 Å². The molecule has 0 aromatic heterocycles. The molecule has 1 atom stereocenters. The zero-order chi connectivity index (χ0) is 9.42. The summed E-state index contributed by atoms with van der Waals surface area (Å²) in [7, 11) is 0. The van der Waals surface area contributed by atoms with Crippen molar-refractivity contribution in [2.24, 2.45) is 0 Å². The Morgan fingerprint density at radius 1 is 1.36 bits per heavy atom. The maximum Gasteiger partial charge on any atom is 0.0456 e. The first kappa shape index (κ1) is 12.1. The van der Waals surface area contributed by atoms with Crippen LogP contribution in [0.2, 0.25) is 10.0 Å². The fourth-order valence-electron chi connectivity index (χ4n) is 1.80. The van der Waals surface area contributed by atoms with E-state index in [0.29, 0.717) is 6.04 Å². The molecule has 1 N–H and O–H groups in total. The molecule has 2 rings (SSSR count). The highest BCUT2D eigenvalue weighted by atomic mass is 35.5. The number of hydrogen-bond acceptors (Lipinski definition) is 1. The van der Waals surface area contributed by atoms with Gasteiger partial charge in [-0.3, -0.25) is 0 Å². The summed E-state index contributed by atoms with van der Waals surface area (Å²) in [5.41, 5.74) is 2.49. The molecular weight excluding hydrogens is 240 g/mol. The molecule has 1 aromatic carbocycles. The Kier molecular flexibility index (Phi) is 4.08. The van der Waals surface area contributed by atoms with Gasteiger partial charge in [-0.25, -0.2) is 0 Å². The van der Waals surface area contributed by atoms with Crippen LogP contribution >= 0.6 is 35.6 Å². The second-order valence-corrected chi connectivity index (χ2v) is 4.22. The maximum absolute atomic E-state index is 6.10. The highest BCUT2D eigenvalue weighted by molar-refractivity contribution is 6.35. The molecule has 1 aromatic rings. The summed E-state index contributed by atoms with van der Waals surface area (Å²) in [5.74, 6) is 0. The van der Waals surface area contributed by atoms with Crippen molar-refractivity contribution in [3.8, 4) is 0 Å². The molecule has 0 bridgehead atoms. The molecule has 0 radical (unpaired) electrons. The van der Waals surface area contributed by atoms with Gasteiger partial charge in [-0.05, 0) is 43.1 Å². The van der Waals surface area contributed by atoms with Gasteiger partial charge in [0.1, 0.15) is 0 Å². The van der Waals surface area contributed by atoms with Crippen LogP contribution in [-0.2, 0) is 6.42 Å². The number of hydrogen-bond donors (Lipinski definition) is 1. The normalized spacial score (nSPS) is 19.8. The van der Waals surface area contributed by atoms with Crippen molar-refractivity contribution in [2.75, 3.05) is 6.54 Å². The van der Waals surface area contributed by atoms with Gasteiger partial charge in [0.15, 0.2) is 0 Å². The predicted octanol–water partition coefficient (Wildman–Crippen LogP) is 3.62. The van der Waals surface area contributed by atoms with E-state index in [-0.39, 0.29) is 12.4 Å². The summed E-state index contributed by atoms with van der Waals surface area (Å²) >= 11 is 12.0. The molecular formula is C10H12Cl3N. The van der Waals surface area contributed by atoms with Crippen molar-refractivity contribution in [3.05, 3.63) is 33.3 Å². The zero-order valence-electron chi connectivity index (χ0n) is 7.81. The zero-order valence-corrected chi connectivity index (χ0v) is 10.1. The number of benzene rings is 1. The van der Waals surface area contributed by atoms with Crippen LogP contribution in [0.4, 0.5) is 0 Å². The van der Waals surface area contributed by atoms with Gasteiger partial charge >= 0.3 is 0 Å². The molecule has 0 saturated heterocycles. The van der Waals surface area contributed by atoms with E-state index in [1.165, 1.54) is 11.1 Å². The van der Waals surface area contributed by atoms with Crippen LogP contribution in [0.3, 0.4) is 0 Å². The second kappa shape index (κ2) is 4.71. The Bertz CT molecular complexity index is 338. The van der Waals surface area contributed by atoms with E-state index in [0.717, 1.165) is 23.0 Å². The van der Waals surface area contributed by atoms with Gasteiger partial charge in [0.25, 0.3) is 0 Å². The van der Waals surface area contributed by atoms with Gasteiger partial charge in [-0.2, -0.15) is 0 Å². The minimum absolute atomic E-state index is 0. The smallest absolute Gasteiger partial charge is 0.0456 e. The third-order valence-electron chi connectivity index (χ3n) is 2.49. The monoisotopic (exact) mass is 251 g/mol. The third kappa shape index (κ3) is 2.17. The molecule has 78 valence electrons. The molecule has 4 heteroatoms. The number of fused-ring (bicyclic) bond motifs is 1. The van der Waals surface area contributed by atoms with Crippen molar-refractivity contribution < 1.29 is 0 Å². The maximum atomic E-state index is 6.10. The second-order valence-electron chi connectivity index (χ2n) is 3.38. The van der Waals surface area contributed by atoms with E-state index in [4.69, 9.17) is 23.2 Å². The number of halogens is 3. The summed E-state index contributed by atoms with van der Waals surface area (Å²) in [6.45, 7) is 3.13. The molecule has 1 nitrogen and oxygen atoms in total. The Hall–Kier alpha value is 0.0500. The van der Waals surface area contributed by atoms with Gasteiger partial charge in [-0.15, -0.1) is 12.4 Å². The van der Waals surface area contributed by atoms with Crippen LogP contribution in [0.25, 0.3) is 0 Å². The summed E-state index contributed by atoms with van der Waals surface area (Å²) in [6, 6.07) is 4.18. The summed E-state index contributed by atoms with van der Waals surface area (Å²) in [5, 5.41) is 4.90. The van der Waals surface area contributed by atoms with Crippen molar-refractivity contribution in [1.82, 2.24) is 5.32 Å². The van der Waals surface area contributed by atoms with Gasteiger partial charge in [0.05, 0.1) is 0 Å². The van der Waals surface area contributed by atoms with Gasteiger partial charge < -0.3 is 5.32 Å². The Morgan fingerprint density at radius 3 is 2.79 bits per heavy atom. The van der Waals surface area contributed by atoms with E-state index in [1.807, 2.05) is 12.1 Å². The number of rotatable bonds is 0. The lowest BCUT2D eigenvalue weighted by atomic mass is 9.95. The molecule has 14 heavy (non-hydrogen) atoms. The van der Waals surface area contributed by atoms with Gasteiger partial charge in [0, 0.05) is 16.1 Å². The minimum Gasteiger partial charge on any atom is -0.310 e. The van der Waals surface area contributed by atoms with Crippen LogP contribution in [0.15, 0.2) is 12.1 Å². The van der Waals surface area contributed by atoms with E-state index < -0.39 is 0 Å². The highest BCUT2D eigenvalue weighted by Gasteiger charge is 2.18. The molecule has 1 unspecified atom stereocenters. The predicted molar refractivity (Wildman–Crippen MR) is 63.8 cm³/mol. The fourth-order valence-corrected chi connectivity index (χ4v) is 2.40. The molecule has 0 amide bonds. The lowest BCUT2D eigenvalue weighted by molar-refractivity contribution is 0.541. The summed E-state index contributed by atoms with van der Waals surface area (Å²) < 4.78 is 0. The average Bonchev–Trinajstić information content (AvgIpc) is 2.07. The Labute approximate surface area is 100 Å². The van der Waals surface area contributed by atoms with Crippen LogP contribution in [0.5, 0.6) is 0 Å². The summed E-state index contributed by atoms with van der Waals surface area (Å²) in [6.07, 6.45) is 0.996.